The van der Waals surface area contributed by atoms with Gasteiger partial charge in [0.2, 0.25) is 0 Å². The molecule has 0 radical (unpaired) electrons. The number of allylic oxidation sites excluding steroid dienone is 3. The minimum atomic E-state index is -1.52. The van der Waals surface area contributed by atoms with E-state index in [0.29, 0.717) is 24.2 Å². The van der Waals surface area contributed by atoms with Crippen LogP contribution in [-0.4, -0.2) is 36.3 Å². The summed E-state index contributed by atoms with van der Waals surface area (Å²) < 4.78 is 6.44. The van der Waals surface area contributed by atoms with Crippen LogP contribution in [0.4, 0.5) is 0 Å². The summed E-state index contributed by atoms with van der Waals surface area (Å²) in [5.41, 5.74) is 3.79. The molecule has 4 heteroatoms. The van der Waals surface area contributed by atoms with Gasteiger partial charge < -0.3 is 14.6 Å². The van der Waals surface area contributed by atoms with Gasteiger partial charge in [-0.15, -0.1) is 0 Å². The van der Waals surface area contributed by atoms with Crippen molar-refractivity contribution in [3.05, 3.63) is 35.5 Å². The van der Waals surface area contributed by atoms with Gasteiger partial charge in [0.15, 0.2) is 8.32 Å². The number of hydrogen-bond donors (Lipinski definition) is 2. The molecule has 0 amide bonds. The topological polar surface area (TPSA) is 49.7 Å². The van der Waals surface area contributed by atoms with Gasteiger partial charge in [0.25, 0.3) is 0 Å². The van der Waals surface area contributed by atoms with E-state index in [1.54, 1.807) is 5.57 Å². The van der Waals surface area contributed by atoms with Crippen LogP contribution in [0.3, 0.4) is 0 Å². The van der Waals surface area contributed by atoms with E-state index in [9.17, 15) is 10.2 Å². The Bertz CT molecular complexity index is 789. The lowest BCUT2D eigenvalue weighted by Crippen LogP contribution is -2.38. The van der Waals surface area contributed by atoms with Crippen LogP contribution in [0.2, 0.25) is 19.6 Å². The Kier molecular flexibility index (Phi) is 8.81. The average Bonchev–Trinajstić information content (AvgIpc) is 3.05. The summed E-state index contributed by atoms with van der Waals surface area (Å²) in [5, 5.41) is 20.3. The fourth-order valence-corrected chi connectivity index (χ4v) is 9.37. The summed E-state index contributed by atoms with van der Waals surface area (Å²) in [6.45, 7) is 20.6. The minimum absolute atomic E-state index is 0.00910. The maximum absolute atomic E-state index is 10.2. The first-order valence-electron chi connectivity index (χ1n) is 13.9. The third-order valence-corrected chi connectivity index (χ3v) is 10.2. The van der Waals surface area contributed by atoms with Gasteiger partial charge in [0.1, 0.15) is 0 Å². The SMILES string of the molecule is C=C1/C(=C/C=C2\CCCC3(C)C2CCC3C(C)CCCC(C)(C)O[Si](C)(C)C)CC(O)CC1O. The first-order valence-corrected chi connectivity index (χ1v) is 17.3. The minimum Gasteiger partial charge on any atom is -0.413 e. The van der Waals surface area contributed by atoms with E-state index in [1.807, 2.05) is 0 Å². The lowest BCUT2D eigenvalue weighted by Gasteiger charge is -2.44. The molecule has 0 aromatic carbocycles. The monoisotopic (exact) mass is 488 g/mol. The Morgan fingerprint density at radius 2 is 1.91 bits per heavy atom. The third kappa shape index (κ3) is 6.75. The standard InChI is InChI=1S/C30H52O3Si/c1-21(11-9-17-29(3,4)33-34(6,7)8)26-15-16-27-23(12-10-18-30(26,27)5)13-14-24-19-25(31)20-28(32)22(24)2/h13-14,21,25-28,31-32H,2,9-12,15-20H2,1,3-8H3/b23-13+,24-14+. The molecule has 3 rings (SSSR count). The Morgan fingerprint density at radius 3 is 2.59 bits per heavy atom. The maximum atomic E-state index is 10.2. The Balaban J connectivity index is 1.64. The van der Waals surface area contributed by atoms with Crippen molar-refractivity contribution < 1.29 is 14.6 Å². The maximum Gasteiger partial charge on any atom is 0.184 e. The molecule has 0 aromatic heterocycles. The second kappa shape index (κ2) is 10.7. The van der Waals surface area contributed by atoms with Crippen molar-refractivity contribution in [2.75, 3.05) is 0 Å². The van der Waals surface area contributed by atoms with Gasteiger partial charge in [-0.2, -0.15) is 0 Å². The molecule has 0 aliphatic heterocycles. The largest absolute Gasteiger partial charge is 0.413 e. The lowest BCUT2D eigenvalue weighted by atomic mass is 9.60. The van der Waals surface area contributed by atoms with Crippen LogP contribution in [0.25, 0.3) is 0 Å². The molecule has 0 spiro atoms. The van der Waals surface area contributed by atoms with Crippen molar-refractivity contribution in [1.29, 1.82) is 0 Å². The van der Waals surface area contributed by atoms with Crippen LogP contribution >= 0.6 is 0 Å². The third-order valence-electron chi connectivity index (χ3n) is 9.01. The van der Waals surface area contributed by atoms with Gasteiger partial charge in [0.05, 0.1) is 17.8 Å². The van der Waals surface area contributed by atoms with E-state index in [-0.39, 0.29) is 5.60 Å². The van der Waals surface area contributed by atoms with E-state index in [1.165, 1.54) is 44.9 Å². The van der Waals surface area contributed by atoms with Crippen LogP contribution in [0.15, 0.2) is 35.5 Å². The normalized spacial score (nSPS) is 36.2. The van der Waals surface area contributed by atoms with Crippen LogP contribution in [0.1, 0.15) is 91.9 Å². The molecule has 2 N–H and O–H groups in total. The lowest BCUT2D eigenvalue weighted by molar-refractivity contribution is 0.0734. The van der Waals surface area contributed by atoms with Crippen LogP contribution in [0, 0.1) is 23.2 Å². The molecule has 0 aromatic rings. The summed E-state index contributed by atoms with van der Waals surface area (Å²) in [4.78, 5) is 0. The molecule has 6 atom stereocenters. The average molecular weight is 489 g/mol. The van der Waals surface area contributed by atoms with Gasteiger partial charge >= 0.3 is 0 Å². The molecular weight excluding hydrogens is 436 g/mol. The van der Waals surface area contributed by atoms with Crippen LogP contribution < -0.4 is 0 Å². The van der Waals surface area contributed by atoms with E-state index in [0.717, 1.165) is 29.4 Å². The highest BCUT2D eigenvalue weighted by Crippen LogP contribution is 2.60. The van der Waals surface area contributed by atoms with Crippen molar-refractivity contribution in [3.8, 4) is 0 Å². The fraction of sp³-hybridized carbons (Fsp3) is 0.800. The smallest absolute Gasteiger partial charge is 0.184 e. The molecule has 34 heavy (non-hydrogen) atoms. The first kappa shape index (κ1) is 27.9. The molecule has 6 unspecified atom stereocenters. The summed E-state index contributed by atoms with van der Waals surface area (Å²) in [5.74, 6) is 2.21. The van der Waals surface area contributed by atoms with Gasteiger partial charge in [-0.05, 0) is 113 Å². The van der Waals surface area contributed by atoms with Crippen molar-refractivity contribution in [1.82, 2.24) is 0 Å². The Labute approximate surface area is 210 Å². The molecule has 3 aliphatic carbocycles. The van der Waals surface area contributed by atoms with E-state index >= 15 is 0 Å². The molecular formula is C30H52O3Si. The Morgan fingerprint density at radius 1 is 1.21 bits per heavy atom. The molecule has 194 valence electrons. The molecule has 3 aliphatic rings. The number of rotatable bonds is 8. The van der Waals surface area contributed by atoms with Crippen molar-refractivity contribution >= 4 is 8.32 Å². The summed E-state index contributed by atoms with van der Waals surface area (Å²) in [6.07, 6.45) is 14.6. The van der Waals surface area contributed by atoms with Gasteiger partial charge in [-0.1, -0.05) is 51.0 Å². The fourth-order valence-electron chi connectivity index (χ4n) is 7.61. The van der Waals surface area contributed by atoms with E-state index < -0.39 is 20.5 Å². The molecule has 0 bridgehead atoms. The number of hydrogen-bond acceptors (Lipinski definition) is 3. The first-order chi connectivity index (χ1) is 15.7. The second-order valence-electron chi connectivity index (χ2n) is 13.5. The number of aliphatic hydroxyl groups excluding tert-OH is 2. The van der Waals surface area contributed by atoms with Gasteiger partial charge in [0, 0.05) is 6.42 Å². The quantitative estimate of drug-likeness (QED) is 0.346. The van der Waals surface area contributed by atoms with E-state index in [4.69, 9.17) is 4.43 Å². The zero-order valence-electron chi connectivity index (χ0n) is 23.1. The van der Waals surface area contributed by atoms with Crippen molar-refractivity contribution in [3.63, 3.8) is 0 Å². The summed E-state index contributed by atoms with van der Waals surface area (Å²) in [6, 6.07) is 0. The van der Waals surface area contributed by atoms with Crippen LogP contribution in [0.5, 0.6) is 0 Å². The number of aliphatic hydroxyl groups is 2. The highest BCUT2D eigenvalue weighted by molar-refractivity contribution is 6.69. The highest BCUT2D eigenvalue weighted by Gasteiger charge is 2.50. The van der Waals surface area contributed by atoms with Crippen molar-refractivity contribution in [2.24, 2.45) is 23.2 Å². The predicted molar refractivity (Wildman–Crippen MR) is 146 cm³/mol. The van der Waals surface area contributed by atoms with Gasteiger partial charge in [-0.3, -0.25) is 0 Å². The Hall–Kier alpha value is -0.683. The molecule has 0 saturated heterocycles. The second-order valence-corrected chi connectivity index (χ2v) is 17.9. The zero-order valence-corrected chi connectivity index (χ0v) is 24.1. The van der Waals surface area contributed by atoms with E-state index in [2.05, 4.69) is 66.1 Å². The summed E-state index contributed by atoms with van der Waals surface area (Å²) >= 11 is 0. The predicted octanol–water partition coefficient (Wildman–Crippen LogP) is 7.56. The van der Waals surface area contributed by atoms with Gasteiger partial charge in [-0.25, -0.2) is 0 Å². The summed E-state index contributed by atoms with van der Waals surface area (Å²) in [7, 11) is -1.52. The molecule has 3 nitrogen and oxygen atoms in total. The van der Waals surface area contributed by atoms with Crippen molar-refractivity contribution in [2.45, 2.75) is 129 Å². The number of fused-ring (bicyclic) bond motifs is 1. The van der Waals surface area contributed by atoms with Crippen LogP contribution in [-0.2, 0) is 4.43 Å². The molecule has 3 fully saturated rings. The highest BCUT2D eigenvalue weighted by atomic mass is 28.4. The zero-order chi connectivity index (χ0) is 25.3. The molecule has 3 saturated carbocycles. The molecule has 0 heterocycles.